The maximum absolute atomic E-state index is 12.0. The molecule has 0 heterocycles. The summed E-state index contributed by atoms with van der Waals surface area (Å²) in [4.78, 5) is 34.6. The van der Waals surface area contributed by atoms with E-state index in [1.54, 1.807) is 0 Å². The summed E-state index contributed by atoms with van der Waals surface area (Å²) >= 11 is 0. The summed E-state index contributed by atoms with van der Waals surface area (Å²) in [5.74, 6) is 0. The molecule has 224 valence electrons. The van der Waals surface area contributed by atoms with Crippen LogP contribution in [0.3, 0.4) is 0 Å². The van der Waals surface area contributed by atoms with E-state index in [1.165, 1.54) is 0 Å². The lowest BCUT2D eigenvalue weighted by Gasteiger charge is -2.46. The Morgan fingerprint density at radius 3 is 1.61 bits per heavy atom. The normalized spacial score (nSPS) is 19.8. The fourth-order valence-electron chi connectivity index (χ4n) is 4.68. The third kappa shape index (κ3) is 19.0. The maximum Gasteiger partial charge on any atom is 0.508 e. The van der Waals surface area contributed by atoms with Gasteiger partial charge in [-0.05, 0) is 55.8 Å². The Morgan fingerprint density at radius 2 is 1.13 bits per heavy atom. The molecule has 9 nitrogen and oxygen atoms in total. The zero-order valence-corrected chi connectivity index (χ0v) is 25.2. The van der Waals surface area contributed by atoms with Crippen LogP contribution in [-0.2, 0) is 18.9 Å². The summed E-state index contributed by atoms with van der Waals surface area (Å²) in [5.41, 5.74) is -0.00491. The highest BCUT2D eigenvalue weighted by Gasteiger charge is 2.42. The van der Waals surface area contributed by atoms with Crippen LogP contribution >= 0.6 is 0 Å². The molecule has 38 heavy (non-hydrogen) atoms. The first-order chi connectivity index (χ1) is 18.0. The van der Waals surface area contributed by atoms with Crippen molar-refractivity contribution >= 4 is 18.3 Å². The molecular weight excluding hydrogens is 488 g/mol. The van der Waals surface area contributed by atoms with Gasteiger partial charge in [0, 0.05) is 12.6 Å². The number of alkyl carbamates (subject to hydrolysis) is 2. The molecule has 0 spiro atoms. The number of unbranched alkanes of at least 4 members (excludes halogenated alkanes) is 4. The van der Waals surface area contributed by atoms with E-state index >= 15 is 0 Å². The second-order valence-corrected chi connectivity index (χ2v) is 11.4. The number of nitrogens with one attached hydrogen (secondary N) is 2. The Bertz CT molecular complexity index is 645. The molecular formula is C29H56N2O7. The van der Waals surface area contributed by atoms with Crippen molar-refractivity contribution in [3.8, 4) is 0 Å². The molecule has 0 aromatic rings. The molecule has 2 N–H and O–H groups in total. The molecule has 2 amide bonds. The first-order valence-electron chi connectivity index (χ1n) is 14.6. The third-order valence-electron chi connectivity index (χ3n) is 6.32. The predicted molar refractivity (Wildman–Crippen MR) is 150 cm³/mol. The lowest BCUT2D eigenvalue weighted by molar-refractivity contribution is 0.0535. The molecule has 0 aromatic carbocycles. The summed E-state index contributed by atoms with van der Waals surface area (Å²) in [6.07, 6.45) is 9.12. The van der Waals surface area contributed by atoms with Gasteiger partial charge in [-0.1, -0.05) is 74.1 Å². The van der Waals surface area contributed by atoms with Crippen molar-refractivity contribution in [2.75, 3.05) is 33.0 Å². The largest absolute Gasteiger partial charge is 0.508 e. The average Bonchev–Trinajstić information content (AvgIpc) is 2.83. The van der Waals surface area contributed by atoms with Gasteiger partial charge in [0.1, 0.15) is 0 Å². The van der Waals surface area contributed by atoms with Gasteiger partial charge in [-0.25, -0.2) is 14.4 Å². The smallest absolute Gasteiger partial charge is 0.450 e. The van der Waals surface area contributed by atoms with Gasteiger partial charge in [-0.2, -0.15) is 0 Å². The predicted octanol–water partition coefficient (Wildman–Crippen LogP) is 7.36. The van der Waals surface area contributed by atoms with Crippen molar-refractivity contribution < 1.29 is 33.3 Å². The molecule has 0 bridgehead atoms. The lowest BCUT2D eigenvalue weighted by atomic mass is 9.62. The van der Waals surface area contributed by atoms with Crippen LogP contribution in [0, 0.1) is 10.8 Å². The average molecular weight is 545 g/mol. The van der Waals surface area contributed by atoms with E-state index in [9.17, 15) is 14.4 Å². The van der Waals surface area contributed by atoms with Gasteiger partial charge in [0.25, 0.3) is 0 Å². The highest BCUT2D eigenvalue weighted by molar-refractivity contribution is 5.68. The number of carbonyl (C=O) groups is 3. The number of hydrogen-bond donors (Lipinski definition) is 2. The molecule has 0 saturated heterocycles. The van der Waals surface area contributed by atoms with Crippen LogP contribution < -0.4 is 10.6 Å². The van der Waals surface area contributed by atoms with Crippen molar-refractivity contribution in [3.63, 3.8) is 0 Å². The number of rotatable bonds is 15. The Kier molecular flexibility index (Phi) is 19.5. The Balaban J connectivity index is 0.000000958. The van der Waals surface area contributed by atoms with Gasteiger partial charge in [0.15, 0.2) is 0 Å². The van der Waals surface area contributed by atoms with E-state index in [2.05, 4.69) is 45.3 Å². The van der Waals surface area contributed by atoms with Crippen molar-refractivity contribution in [1.29, 1.82) is 0 Å². The standard InChI is InChI=1S/C20H38N2O4.C9H18O3/c1-6-8-10-25-17(23)21-15-20(5)13-16(12-19(3,4)14-20)22-18(24)26-11-9-7-2;1-3-5-7-11-9(10)12-8-6-4-2/h16H,6-15H2,1-5H3,(H,21,23)(H,22,24);3-8H2,1-2H3. The number of carbonyl (C=O) groups excluding carboxylic acids is 3. The molecule has 9 heteroatoms. The molecule has 1 fully saturated rings. The van der Waals surface area contributed by atoms with Crippen molar-refractivity contribution in [2.24, 2.45) is 10.8 Å². The summed E-state index contributed by atoms with van der Waals surface area (Å²) in [6.45, 7) is 17.2. The van der Waals surface area contributed by atoms with Gasteiger partial charge >= 0.3 is 18.3 Å². The van der Waals surface area contributed by atoms with E-state index in [4.69, 9.17) is 18.9 Å². The SMILES string of the molecule is CCCCOC(=O)NCC1(C)CC(NC(=O)OCCCC)CC(C)(C)C1.CCCCOC(=O)OCCCC. The van der Waals surface area contributed by atoms with Crippen LogP contribution in [0.5, 0.6) is 0 Å². The quantitative estimate of drug-likeness (QED) is 0.126. The van der Waals surface area contributed by atoms with Crippen molar-refractivity contribution in [1.82, 2.24) is 10.6 Å². The second-order valence-electron chi connectivity index (χ2n) is 11.4. The molecule has 2 unspecified atom stereocenters. The van der Waals surface area contributed by atoms with E-state index in [1.807, 2.05) is 13.8 Å². The van der Waals surface area contributed by atoms with Gasteiger partial charge in [-0.15, -0.1) is 0 Å². The molecule has 2 atom stereocenters. The topological polar surface area (TPSA) is 112 Å². The van der Waals surface area contributed by atoms with Gasteiger partial charge < -0.3 is 29.6 Å². The molecule has 1 aliphatic rings. The van der Waals surface area contributed by atoms with Crippen LogP contribution in [0.1, 0.15) is 119 Å². The number of amides is 2. The van der Waals surface area contributed by atoms with E-state index in [0.29, 0.717) is 33.0 Å². The highest BCUT2D eigenvalue weighted by atomic mass is 16.7. The first kappa shape index (κ1) is 35.8. The van der Waals surface area contributed by atoms with Crippen LogP contribution in [0.4, 0.5) is 14.4 Å². The molecule has 0 aromatic heterocycles. The molecule has 0 radical (unpaired) electrons. The zero-order valence-electron chi connectivity index (χ0n) is 25.2. The van der Waals surface area contributed by atoms with Gasteiger partial charge in [-0.3, -0.25) is 0 Å². The zero-order chi connectivity index (χ0) is 28.9. The van der Waals surface area contributed by atoms with Crippen LogP contribution in [0.25, 0.3) is 0 Å². The van der Waals surface area contributed by atoms with Crippen LogP contribution in [-0.4, -0.2) is 57.4 Å². The molecule has 1 aliphatic carbocycles. The minimum atomic E-state index is -0.531. The Labute approximate surface area is 231 Å². The Morgan fingerprint density at radius 1 is 0.684 bits per heavy atom. The monoisotopic (exact) mass is 544 g/mol. The first-order valence-corrected chi connectivity index (χ1v) is 14.6. The molecule has 1 saturated carbocycles. The van der Waals surface area contributed by atoms with E-state index in [0.717, 1.165) is 70.6 Å². The maximum atomic E-state index is 12.0. The lowest BCUT2D eigenvalue weighted by Crippen LogP contribution is -2.50. The summed E-state index contributed by atoms with van der Waals surface area (Å²) in [5, 5.41) is 5.91. The van der Waals surface area contributed by atoms with Gasteiger partial charge in [0.2, 0.25) is 0 Å². The van der Waals surface area contributed by atoms with Crippen LogP contribution in [0.15, 0.2) is 0 Å². The number of hydrogen-bond acceptors (Lipinski definition) is 7. The highest BCUT2D eigenvalue weighted by Crippen LogP contribution is 2.45. The Hall–Kier alpha value is -2.19. The fourth-order valence-corrected chi connectivity index (χ4v) is 4.68. The fraction of sp³-hybridized carbons (Fsp3) is 0.897. The summed E-state index contributed by atoms with van der Waals surface area (Å²) < 4.78 is 19.9. The number of ether oxygens (including phenoxy) is 4. The van der Waals surface area contributed by atoms with Crippen molar-refractivity contribution in [3.05, 3.63) is 0 Å². The minimum absolute atomic E-state index is 0.0517. The molecule has 0 aliphatic heterocycles. The second kappa shape index (κ2) is 20.7. The molecule has 1 rings (SSSR count). The minimum Gasteiger partial charge on any atom is -0.450 e. The van der Waals surface area contributed by atoms with Gasteiger partial charge in [0.05, 0.1) is 26.4 Å². The van der Waals surface area contributed by atoms with E-state index < -0.39 is 6.16 Å². The summed E-state index contributed by atoms with van der Waals surface area (Å²) in [7, 11) is 0. The third-order valence-corrected chi connectivity index (χ3v) is 6.32. The van der Waals surface area contributed by atoms with E-state index in [-0.39, 0.29) is 29.1 Å². The van der Waals surface area contributed by atoms with Crippen LogP contribution in [0.2, 0.25) is 0 Å². The summed E-state index contributed by atoms with van der Waals surface area (Å²) in [6, 6.07) is 0.0517. The van der Waals surface area contributed by atoms with Crippen molar-refractivity contribution in [2.45, 2.75) is 125 Å².